The highest BCUT2D eigenvalue weighted by atomic mass is 16.5. The Morgan fingerprint density at radius 2 is 2.21 bits per heavy atom. The average Bonchev–Trinajstić information content (AvgIpc) is 2.92. The van der Waals surface area contributed by atoms with Gasteiger partial charge in [-0.2, -0.15) is 0 Å². The van der Waals surface area contributed by atoms with Gasteiger partial charge in [-0.25, -0.2) is 9.97 Å². The Bertz CT molecular complexity index is 419. The minimum absolute atomic E-state index is 0.200. The van der Waals surface area contributed by atoms with E-state index in [1.807, 2.05) is 0 Å². The number of amides is 1. The van der Waals surface area contributed by atoms with E-state index in [4.69, 9.17) is 4.74 Å². The van der Waals surface area contributed by atoms with Crippen LogP contribution in [0.1, 0.15) is 36.2 Å². The Kier molecular flexibility index (Phi) is 5.09. The highest BCUT2D eigenvalue weighted by molar-refractivity contribution is 5.92. The number of nitrogens with one attached hydrogen (secondary N) is 2. The molecule has 104 valence electrons. The molecule has 19 heavy (non-hydrogen) atoms. The molecule has 1 fully saturated rings. The predicted molar refractivity (Wildman–Crippen MR) is 72.1 cm³/mol. The number of ether oxygens (including phenoxy) is 1. The molecule has 0 radical (unpaired) electrons. The fraction of sp³-hybridized carbons (Fsp3) is 0.615. The summed E-state index contributed by atoms with van der Waals surface area (Å²) in [6, 6.07) is 2.17. The maximum absolute atomic E-state index is 11.8. The molecule has 0 aromatic carbocycles. The fourth-order valence-electron chi connectivity index (χ4n) is 2.20. The van der Waals surface area contributed by atoms with Crippen LogP contribution in [0.3, 0.4) is 0 Å². The lowest BCUT2D eigenvalue weighted by atomic mass is 10.2. The molecule has 1 aromatic rings. The van der Waals surface area contributed by atoms with Crippen molar-refractivity contribution in [3.05, 3.63) is 18.1 Å². The van der Waals surface area contributed by atoms with Crippen LogP contribution in [-0.4, -0.2) is 42.2 Å². The van der Waals surface area contributed by atoms with E-state index in [9.17, 15) is 4.79 Å². The Labute approximate surface area is 113 Å². The van der Waals surface area contributed by atoms with E-state index in [-0.39, 0.29) is 5.91 Å². The number of aromatic nitrogens is 2. The van der Waals surface area contributed by atoms with E-state index < -0.39 is 0 Å². The molecule has 1 amide bonds. The van der Waals surface area contributed by atoms with Crippen molar-refractivity contribution in [1.82, 2.24) is 15.3 Å². The molecule has 6 heteroatoms. The van der Waals surface area contributed by atoms with E-state index in [0.29, 0.717) is 24.9 Å². The topological polar surface area (TPSA) is 76.1 Å². The van der Waals surface area contributed by atoms with Crippen molar-refractivity contribution in [2.24, 2.45) is 0 Å². The fourth-order valence-corrected chi connectivity index (χ4v) is 2.20. The normalized spacial score (nSPS) is 15.4. The molecule has 0 aliphatic heterocycles. The van der Waals surface area contributed by atoms with Gasteiger partial charge in [0.25, 0.3) is 5.91 Å². The molecule has 1 aliphatic carbocycles. The van der Waals surface area contributed by atoms with Gasteiger partial charge in [0.05, 0.1) is 6.61 Å². The van der Waals surface area contributed by atoms with Gasteiger partial charge in [0.1, 0.15) is 17.8 Å². The molecule has 1 saturated carbocycles. The van der Waals surface area contributed by atoms with Gasteiger partial charge in [-0.05, 0) is 12.8 Å². The van der Waals surface area contributed by atoms with Crippen molar-refractivity contribution in [3.8, 4) is 0 Å². The summed E-state index contributed by atoms with van der Waals surface area (Å²) >= 11 is 0. The van der Waals surface area contributed by atoms with Crippen molar-refractivity contribution < 1.29 is 9.53 Å². The molecule has 1 heterocycles. The summed E-state index contributed by atoms with van der Waals surface area (Å²) < 4.78 is 4.88. The maximum Gasteiger partial charge on any atom is 0.270 e. The summed E-state index contributed by atoms with van der Waals surface area (Å²) in [4.78, 5) is 20.0. The zero-order chi connectivity index (χ0) is 13.5. The van der Waals surface area contributed by atoms with Gasteiger partial charge in [0, 0.05) is 25.8 Å². The van der Waals surface area contributed by atoms with E-state index in [1.54, 1.807) is 13.2 Å². The standard InChI is InChI=1S/C13H20N4O2/c1-19-7-6-14-13(18)11-8-12(16-9-15-11)17-10-4-2-3-5-10/h8-10H,2-7H2,1H3,(H,14,18)(H,15,16,17). The first-order chi connectivity index (χ1) is 9.29. The van der Waals surface area contributed by atoms with Crippen LogP contribution in [0.25, 0.3) is 0 Å². The highest BCUT2D eigenvalue weighted by Gasteiger charge is 2.16. The summed E-state index contributed by atoms with van der Waals surface area (Å²) in [6.07, 6.45) is 6.27. The van der Waals surface area contributed by atoms with Gasteiger partial charge in [0.2, 0.25) is 0 Å². The number of nitrogens with zero attached hydrogens (tertiary/aromatic N) is 2. The van der Waals surface area contributed by atoms with Gasteiger partial charge >= 0.3 is 0 Å². The second-order valence-electron chi connectivity index (χ2n) is 4.66. The molecular weight excluding hydrogens is 244 g/mol. The molecule has 6 nitrogen and oxygen atoms in total. The van der Waals surface area contributed by atoms with Crippen LogP contribution in [0.4, 0.5) is 5.82 Å². The van der Waals surface area contributed by atoms with Crippen molar-refractivity contribution in [2.45, 2.75) is 31.7 Å². The summed E-state index contributed by atoms with van der Waals surface area (Å²) in [6.45, 7) is 0.967. The number of carbonyl (C=O) groups excluding carboxylic acids is 1. The molecule has 0 saturated heterocycles. The molecule has 0 unspecified atom stereocenters. The lowest BCUT2D eigenvalue weighted by Gasteiger charge is -2.12. The molecular formula is C13H20N4O2. The molecule has 2 N–H and O–H groups in total. The number of hydrogen-bond acceptors (Lipinski definition) is 5. The zero-order valence-corrected chi connectivity index (χ0v) is 11.2. The third kappa shape index (κ3) is 4.17. The number of hydrogen-bond donors (Lipinski definition) is 2. The zero-order valence-electron chi connectivity index (χ0n) is 11.2. The molecule has 0 atom stereocenters. The van der Waals surface area contributed by atoms with Crippen LogP contribution in [-0.2, 0) is 4.74 Å². The summed E-state index contributed by atoms with van der Waals surface area (Å²) in [5.41, 5.74) is 0.381. The lowest BCUT2D eigenvalue weighted by molar-refractivity contribution is 0.0932. The van der Waals surface area contributed by atoms with Gasteiger partial charge < -0.3 is 15.4 Å². The monoisotopic (exact) mass is 264 g/mol. The molecule has 1 aliphatic rings. The predicted octanol–water partition coefficient (Wildman–Crippen LogP) is 1.21. The highest BCUT2D eigenvalue weighted by Crippen LogP contribution is 2.21. The minimum Gasteiger partial charge on any atom is -0.383 e. The maximum atomic E-state index is 11.8. The van der Waals surface area contributed by atoms with Crippen LogP contribution in [0, 0.1) is 0 Å². The second-order valence-corrected chi connectivity index (χ2v) is 4.66. The van der Waals surface area contributed by atoms with Crippen molar-refractivity contribution >= 4 is 11.7 Å². The Balaban J connectivity index is 1.91. The summed E-state index contributed by atoms with van der Waals surface area (Å²) in [5, 5.41) is 6.09. The third-order valence-electron chi connectivity index (χ3n) is 3.20. The first kappa shape index (κ1) is 13.7. The molecule has 0 bridgehead atoms. The van der Waals surface area contributed by atoms with Gasteiger partial charge in [-0.15, -0.1) is 0 Å². The van der Waals surface area contributed by atoms with Gasteiger partial charge in [0.15, 0.2) is 0 Å². The number of methoxy groups -OCH3 is 1. The number of carbonyl (C=O) groups is 1. The molecule has 0 spiro atoms. The quantitative estimate of drug-likeness (QED) is 0.755. The van der Waals surface area contributed by atoms with E-state index in [0.717, 1.165) is 5.82 Å². The van der Waals surface area contributed by atoms with Crippen molar-refractivity contribution in [2.75, 3.05) is 25.6 Å². The van der Waals surface area contributed by atoms with Gasteiger partial charge in [-0.3, -0.25) is 4.79 Å². The first-order valence-electron chi connectivity index (χ1n) is 6.65. The number of rotatable bonds is 6. The van der Waals surface area contributed by atoms with Crippen molar-refractivity contribution in [3.63, 3.8) is 0 Å². The third-order valence-corrected chi connectivity index (χ3v) is 3.20. The Morgan fingerprint density at radius 1 is 1.42 bits per heavy atom. The second kappa shape index (κ2) is 7.04. The largest absolute Gasteiger partial charge is 0.383 e. The Hall–Kier alpha value is -1.69. The van der Waals surface area contributed by atoms with E-state index in [2.05, 4.69) is 20.6 Å². The van der Waals surface area contributed by atoms with Crippen LogP contribution in [0.5, 0.6) is 0 Å². The minimum atomic E-state index is -0.200. The van der Waals surface area contributed by atoms with Crippen LogP contribution >= 0.6 is 0 Å². The number of anilines is 1. The van der Waals surface area contributed by atoms with Crippen LogP contribution in [0.15, 0.2) is 12.4 Å². The summed E-state index contributed by atoms with van der Waals surface area (Å²) in [7, 11) is 1.60. The first-order valence-corrected chi connectivity index (χ1v) is 6.65. The molecule has 1 aromatic heterocycles. The SMILES string of the molecule is COCCNC(=O)c1cc(NC2CCCC2)ncn1. The molecule has 2 rings (SSSR count). The summed E-state index contributed by atoms with van der Waals surface area (Å²) in [5.74, 6) is 0.521. The smallest absolute Gasteiger partial charge is 0.270 e. The van der Waals surface area contributed by atoms with Gasteiger partial charge in [-0.1, -0.05) is 12.8 Å². The van der Waals surface area contributed by atoms with E-state index in [1.165, 1.54) is 32.0 Å². The average molecular weight is 264 g/mol. The van der Waals surface area contributed by atoms with Crippen LogP contribution in [0.2, 0.25) is 0 Å². The van der Waals surface area contributed by atoms with E-state index >= 15 is 0 Å². The van der Waals surface area contributed by atoms with Crippen LogP contribution < -0.4 is 10.6 Å². The Morgan fingerprint density at radius 3 is 2.95 bits per heavy atom. The lowest BCUT2D eigenvalue weighted by Crippen LogP contribution is -2.28. The van der Waals surface area contributed by atoms with Crippen molar-refractivity contribution in [1.29, 1.82) is 0 Å².